The van der Waals surface area contributed by atoms with Gasteiger partial charge < -0.3 is 15.3 Å². The summed E-state index contributed by atoms with van der Waals surface area (Å²) in [4.78, 5) is 0. The molecule has 0 heterocycles. The van der Waals surface area contributed by atoms with E-state index in [-0.39, 0.29) is 16.7 Å². The number of hydrogen-bond acceptors (Lipinski definition) is 4. The standard InChI is InChI=1S/C13H18O3S/c1-2-3-13(17)11(15)7-5-9-4-6-10(14)12(16)8-9/h2-4,6,8,11,13-17H,5,7H2,1H3/b3-2+. The fourth-order valence-electron chi connectivity index (χ4n) is 1.54. The van der Waals surface area contributed by atoms with Gasteiger partial charge in [0.25, 0.3) is 0 Å². The van der Waals surface area contributed by atoms with Crippen LogP contribution in [-0.4, -0.2) is 26.7 Å². The first-order valence-electron chi connectivity index (χ1n) is 5.54. The second kappa shape index (κ2) is 6.57. The molecule has 0 aliphatic heterocycles. The molecule has 0 aromatic heterocycles. The van der Waals surface area contributed by atoms with E-state index >= 15 is 0 Å². The van der Waals surface area contributed by atoms with Gasteiger partial charge in [-0.15, -0.1) is 0 Å². The van der Waals surface area contributed by atoms with Crippen molar-refractivity contribution in [2.24, 2.45) is 0 Å². The molecule has 4 heteroatoms. The van der Waals surface area contributed by atoms with Crippen molar-refractivity contribution in [3.63, 3.8) is 0 Å². The molecule has 1 rings (SSSR count). The predicted molar refractivity (Wildman–Crippen MR) is 71.7 cm³/mol. The molecule has 2 unspecified atom stereocenters. The number of phenols is 2. The average molecular weight is 254 g/mol. The molecule has 0 fully saturated rings. The van der Waals surface area contributed by atoms with E-state index in [9.17, 15) is 10.2 Å². The summed E-state index contributed by atoms with van der Waals surface area (Å²) in [5, 5.41) is 28.1. The lowest BCUT2D eigenvalue weighted by molar-refractivity contribution is 0.173. The first-order valence-corrected chi connectivity index (χ1v) is 6.06. The Kier molecular flexibility index (Phi) is 5.38. The fraction of sp³-hybridized carbons (Fsp3) is 0.385. The monoisotopic (exact) mass is 254 g/mol. The lowest BCUT2D eigenvalue weighted by atomic mass is 10.0. The number of phenolic OH excluding ortho intramolecular Hbond substituents is 2. The van der Waals surface area contributed by atoms with Crippen LogP contribution in [0.25, 0.3) is 0 Å². The predicted octanol–water partition coefficient (Wildman–Crippen LogP) is 2.27. The third-order valence-electron chi connectivity index (χ3n) is 2.55. The second-order valence-corrected chi connectivity index (χ2v) is 4.54. The maximum atomic E-state index is 9.79. The van der Waals surface area contributed by atoms with Crippen molar-refractivity contribution in [3.8, 4) is 11.5 Å². The Labute approximate surface area is 107 Å². The Bertz CT molecular complexity index is 390. The van der Waals surface area contributed by atoms with Crippen LogP contribution in [0, 0.1) is 0 Å². The van der Waals surface area contributed by atoms with E-state index < -0.39 is 6.10 Å². The summed E-state index contributed by atoms with van der Waals surface area (Å²) in [6.45, 7) is 1.88. The lowest BCUT2D eigenvalue weighted by Crippen LogP contribution is -2.19. The topological polar surface area (TPSA) is 60.7 Å². The summed E-state index contributed by atoms with van der Waals surface area (Å²) >= 11 is 4.26. The summed E-state index contributed by atoms with van der Waals surface area (Å²) < 4.78 is 0. The van der Waals surface area contributed by atoms with E-state index in [4.69, 9.17) is 5.11 Å². The highest BCUT2D eigenvalue weighted by Crippen LogP contribution is 2.25. The molecular weight excluding hydrogens is 236 g/mol. The van der Waals surface area contributed by atoms with Gasteiger partial charge in [0, 0.05) is 5.25 Å². The van der Waals surface area contributed by atoms with Crippen LogP contribution >= 0.6 is 12.6 Å². The summed E-state index contributed by atoms with van der Waals surface area (Å²) in [7, 11) is 0. The second-order valence-electron chi connectivity index (χ2n) is 3.95. The maximum Gasteiger partial charge on any atom is 0.157 e. The third kappa shape index (κ3) is 4.32. The molecule has 0 saturated heterocycles. The molecule has 0 radical (unpaired) electrons. The van der Waals surface area contributed by atoms with E-state index in [1.54, 1.807) is 6.07 Å². The molecule has 3 nitrogen and oxygen atoms in total. The van der Waals surface area contributed by atoms with Gasteiger partial charge in [0.2, 0.25) is 0 Å². The minimum absolute atomic E-state index is 0.129. The number of aliphatic hydroxyl groups excluding tert-OH is 1. The Morgan fingerprint density at radius 2 is 2.00 bits per heavy atom. The number of aliphatic hydroxyl groups is 1. The summed E-state index contributed by atoms with van der Waals surface area (Å²) in [6.07, 6.45) is 4.35. The minimum atomic E-state index is -0.523. The summed E-state index contributed by atoms with van der Waals surface area (Å²) in [5.74, 6) is -0.261. The zero-order valence-electron chi connectivity index (χ0n) is 9.74. The molecule has 0 aliphatic carbocycles. The summed E-state index contributed by atoms with van der Waals surface area (Å²) in [5.41, 5.74) is 0.875. The van der Waals surface area contributed by atoms with Crippen LogP contribution in [0.1, 0.15) is 18.9 Å². The smallest absolute Gasteiger partial charge is 0.157 e. The van der Waals surface area contributed by atoms with Gasteiger partial charge >= 0.3 is 0 Å². The molecule has 1 aromatic rings. The first-order chi connectivity index (χ1) is 8.04. The Hall–Kier alpha value is -1.13. The van der Waals surface area contributed by atoms with Crippen LogP contribution in [0.5, 0.6) is 11.5 Å². The van der Waals surface area contributed by atoms with E-state index in [0.29, 0.717) is 12.8 Å². The van der Waals surface area contributed by atoms with E-state index in [1.807, 2.05) is 19.1 Å². The van der Waals surface area contributed by atoms with Gasteiger partial charge in [-0.25, -0.2) is 0 Å². The third-order valence-corrected chi connectivity index (χ3v) is 3.07. The van der Waals surface area contributed by atoms with E-state index in [2.05, 4.69) is 12.6 Å². The van der Waals surface area contributed by atoms with Gasteiger partial charge in [0.05, 0.1) is 6.10 Å². The van der Waals surface area contributed by atoms with Crippen molar-refractivity contribution in [1.82, 2.24) is 0 Å². The number of aromatic hydroxyl groups is 2. The van der Waals surface area contributed by atoms with E-state index in [0.717, 1.165) is 5.56 Å². The molecule has 1 aromatic carbocycles. The van der Waals surface area contributed by atoms with E-state index in [1.165, 1.54) is 12.1 Å². The lowest BCUT2D eigenvalue weighted by Gasteiger charge is -2.14. The van der Waals surface area contributed by atoms with Gasteiger partial charge in [0.15, 0.2) is 11.5 Å². The van der Waals surface area contributed by atoms with Crippen LogP contribution in [0.15, 0.2) is 30.4 Å². The van der Waals surface area contributed by atoms with Crippen molar-refractivity contribution in [1.29, 1.82) is 0 Å². The highest BCUT2D eigenvalue weighted by molar-refractivity contribution is 7.81. The normalized spacial score (nSPS) is 15.0. The van der Waals surface area contributed by atoms with Crippen molar-refractivity contribution in [3.05, 3.63) is 35.9 Å². The van der Waals surface area contributed by atoms with Crippen LogP contribution in [0.4, 0.5) is 0 Å². The minimum Gasteiger partial charge on any atom is -0.504 e. The Balaban J connectivity index is 2.52. The molecule has 94 valence electrons. The fourth-order valence-corrected chi connectivity index (χ4v) is 1.86. The van der Waals surface area contributed by atoms with Crippen LogP contribution in [0.3, 0.4) is 0 Å². The Morgan fingerprint density at radius 3 is 2.59 bits per heavy atom. The SMILES string of the molecule is C/C=C/C(S)C(O)CCc1ccc(O)c(O)c1. The van der Waals surface area contributed by atoms with Crippen molar-refractivity contribution in [2.45, 2.75) is 31.1 Å². The van der Waals surface area contributed by atoms with Gasteiger partial charge in [-0.3, -0.25) is 0 Å². The Morgan fingerprint density at radius 1 is 1.29 bits per heavy atom. The molecule has 2 atom stereocenters. The highest BCUT2D eigenvalue weighted by atomic mass is 32.1. The first kappa shape index (κ1) is 13.9. The molecule has 17 heavy (non-hydrogen) atoms. The molecule has 0 spiro atoms. The number of allylic oxidation sites excluding steroid dienone is 1. The number of hydrogen-bond donors (Lipinski definition) is 4. The van der Waals surface area contributed by atoms with Gasteiger partial charge in [-0.1, -0.05) is 18.2 Å². The van der Waals surface area contributed by atoms with Crippen molar-refractivity contribution in [2.75, 3.05) is 0 Å². The maximum absolute atomic E-state index is 9.79. The number of benzene rings is 1. The molecule has 0 aliphatic rings. The quantitative estimate of drug-likeness (QED) is 0.370. The number of rotatable bonds is 5. The highest BCUT2D eigenvalue weighted by Gasteiger charge is 2.12. The zero-order chi connectivity index (χ0) is 12.8. The number of thiol groups is 1. The zero-order valence-corrected chi connectivity index (χ0v) is 10.6. The van der Waals surface area contributed by atoms with Gasteiger partial charge in [-0.2, -0.15) is 12.6 Å². The largest absolute Gasteiger partial charge is 0.504 e. The van der Waals surface area contributed by atoms with Crippen LogP contribution < -0.4 is 0 Å². The molecule has 3 N–H and O–H groups in total. The molecular formula is C13H18O3S. The molecule has 0 saturated carbocycles. The van der Waals surface area contributed by atoms with Gasteiger partial charge in [-0.05, 0) is 37.5 Å². The molecule has 0 amide bonds. The molecule has 0 bridgehead atoms. The summed E-state index contributed by atoms with van der Waals surface area (Å²) in [6, 6.07) is 4.68. The van der Waals surface area contributed by atoms with Crippen molar-refractivity contribution < 1.29 is 15.3 Å². The van der Waals surface area contributed by atoms with Crippen molar-refractivity contribution >= 4 is 12.6 Å². The van der Waals surface area contributed by atoms with Crippen LogP contribution in [-0.2, 0) is 6.42 Å². The van der Waals surface area contributed by atoms with Gasteiger partial charge in [0.1, 0.15) is 0 Å². The van der Waals surface area contributed by atoms with Crippen LogP contribution in [0.2, 0.25) is 0 Å². The average Bonchev–Trinajstić information content (AvgIpc) is 2.30. The number of aryl methyl sites for hydroxylation is 1.